The maximum absolute atomic E-state index is 12.6. The van der Waals surface area contributed by atoms with Gasteiger partial charge in [-0.05, 0) is 42.5 Å². The number of amides is 1. The Morgan fingerprint density at radius 2 is 1.72 bits per heavy atom. The van der Waals surface area contributed by atoms with Crippen molar-refractivity contribution < 1.29 is 23.1 Å². The van der Waals surface area contributed by atoms with Crippen LogP contribution in [0.15, 0.2) is 41.3 Å². The maximum Gasteiger partial charge on any atom is 0.307 e. The first-order valence-corrected chi connectivity index (χ1v) is 9.63. The van der Waals surface area contributed by atoms with E-state index in [9.17, 15) is 23.1 Å². The molecule has 0 heterocycles. The summed E-state index contributed by atoms with van der Waals surface area (Å²) in [5.74, 6) is -2.75. The summed E-state index contributed by atoms with van der Waals surface area (Å²) in [7, 11) is -3.55. The molecule has 0 radical (unpaired) electrons. The lowest BCUT2D eigenvalue weighted by Gasteiger charge is -2.23. The van der Waals surface area contributed by atoms with Crippen LogP contribution in [0, 0.1) is 23.7 Å². The molecule has 1 fully saturated rings. The van der Waals surface area contributed by atoms with Gasteiger partial charge in [0.15, 0.2) is 0 Å². The third-order valence-corrected chi connectivity index (χ3v) is 6.38. The molecule has 2 aliphatic rings. The molecule has 1 amide bonds. The van der Waals surface area contributed by atoms with E-state index in [2.05, 4.69) is 10.0 Å². The van der Waals surface area contributed by atoms with Crippen molar-refractivity contribution in [1.29, 1.82) is 0 Å². The lowest BCUT2D eigenvalue weighted by Crippen LogP contribution is -2.36. The van der Waals surface area contributed by atoms with Gasteiger partial charge >= 0.3 is 5.97 Å². The lowest BCUT2D eigenvalue weighted by molar-refractivity contribution is -0.146. The van der Waals surface area contributed by atoms with Crippen molar-refractivity contribution in [3.8, 4) is 0 Å². The Kier molecular flexibility index (Phi) is 4.66. The van der Waals surface area contributed by atoms with E-state index in [-0.39, 0.29) is 29.2 Å². The van der Waals surface area contributed by atoms with Crippen LogP contribution in [0.3, 0.4) is 0 Å². The fraction of sp³-hybridized carbons (Fsp3) is 0.412. The van der Waals surface area contributed by atoms with Gasteiger partial charge in [0, 0.05) is 12.2 Å². The molecule has 1 saturated carbocycles. The highest BCUT2D eigenvalue weighted by Gasteiger charge is 2.51. The van der Waals surface area contributed by atoms with Crippen LogP contribution in [0.1, 0.15) is 13.3 Å². The maximum atomic E-state index is 12.6. The molecule has 3 N–H and O–H groups in total. The average molecular weight is 364 g/mol. The molecule has 1 aromatic carbocycles. The Morgan fingerprint density at radius 1 is 1.12 bits per heavy atom. The number of allylic oxidation sites excluding steroid dienone is 2. The van der Waals surface area contributed by atoms with Crippen LogP contribution in [0.25, 0.3) is 0 Å². The van der Waals surface area contributed by atoms with Crippen molar-refractivity contribution in [3.63, 3.8) is 0 Å². The number of hydrogen-bond acceptors (Lipinski definition) is 4. The van der Waals surface area contributed by atoms with E-state index in [0.29, 0.717) is 12.1 Å². The van der Waals surface area contributed by atoms with E-state index in [1.54, 1.807) is 6.92 Å². The first kappa shape index (κ1) is 17.6. The summed E-state index contributed by atoms with van der Waals surface area (Å²) in [5, 5.41) is 12.1. The molecule has 0 spiro atoms. The monoisotopic (exact) mass is 364 g/mol. The van der Waals surface area contributed by atoms with Gasteiger partial charge in [-0.2, -0.15) is 0 Å². The zero-order valence-corrected chi connectivity index (χ0v) is 14.5. The summed E-state index contributed by atoms with van der Waals surface area (Å²) in [4.78, 5) is 24.2. The van der Waals surface area contributed by atoms with Gasteiger partial charge in [-0.3, -0.25) is 9.59 Å². The van der Waals surface area contributed by atoms with Gasteiger partial charge in [0.1, 0.15) is 0 Å². The van der Waals surface area contributed by atoms with Crippen LogP contribution >= 0.6 is 0 Å². The number of benzene rings is 1. The highest BCUT2D eigenvalue weighted by molar-refractivity contribution is 7.89. The molecule has 1 aromatic rings. The largest absolute Gasteiger partial charge is 0.481 e. The number of carbonyl (C=O) groups excluding carboxylic acids is 1. The van der Waals surface area contributed by atoms with Gasteiger partial charge in [0.2, 0.25) is 15.9 Å². The van der Waals surface area contributed by atoms with Gasteiger partial charge in [-0.25, -0.2) is 13.1 Å². The molecule has 0 saturated heterocycles. The van der Waals surface area contributed by atoms with Crippen LogP contribution < -0.4 is 10.0 Å². The number of aliphatic carboxylic acids is 1. The fourth-order valence-electron chi connectivity index (χ4n) is 3.73. The zero-order valence-electron chi connectivity index (χ0n) is 13.7. The number of carbonyl (C=O) groups is 2. The van der Waals surface area contributed by atoms with Crippen molar-refractivity contribution in [2.45, 2.75) is 18.2 Å². The predicted molar refractivity (Wildman–Crippen MR) is 91.3 cm³/mol. The highest BCUT2D eigenvalue weighted by Crippen LogP contribution is 2.48. The van der Waals surface area contributed by atoms with Crippen LogP contribution in [0.5, 0.6) is 0 Å². The molecule has 8 heteroatoms. The second-order valence-electron chi connectivity index (χ2n) is 6.35. The summed E-state index contributed by atoms with van der Waals surface area (Å²) in [5.41, 5.74) is 0.441. The normalized spacial score (nSPS) is 27.4. The Balaban J connectivity index is 1.73. The highest BCUT2D eigenvalue weighted by atomic mass is 32.2. The lowest BCUT2D eigenvalue weighted by atomic mass is 9.82. The zero-order chi connectivity index (χ0) is 18.2. The molecule has 25 heavy (non-hydrogen) atoms. The van der Waals surface area contributed by atoms with Gasteiger partial charge < -0.3 is 10.4 Å². The number of carboxylic acids is 1. The minimum atomic E-state index is -3.55. The Labute approximate surface area is 146 Å². The topological polar surface area (TPSA) is 113 Å². The van der Waals surface area contributed by atoms with Crippen molar-refractivity contribution in [1.82, 2.24) is 4.72 Å². The Bertz CT molecular complexity index is 816. The third-order valence-electron chi connectivity index (χ3n) is 4.81. The molecule has 4 atom stereocenters. The van der Waals surface area contributed by atoms with E-state index in [1.807, 2.05) is 12.2 Å². The number of nitrogens with one attached hydrogen (secondary N) is 2. The molecule has 0 aliphatic heterocycles. The van der Waals surface area contributed by atoms with E-state index < -0.39 is 27.8 Å². The van der Waals surface area contributed by atoms with E-state index >= 15 is 0 Å². The second-order valence-corrected chi connectivity index (χ2v) is 8.12. The average Bonchev–Trinajstić information content (AvgIpc) is 3.16. The predicted octanol–water partition coefficient (Wildman–Crippen LogP) is 1.45. The summed E-state index contributed by atoms with van der Waals surface area (Å²) >= 11 is 0. The van der Waals surface area contributed by atoms with Gasteiger partial charge in [-0.1, -0.05) is 19.1 Å². The number of anilines is 1. The van der Waals surface area contributed by atoms with Crippen LogP contribution in [-0.4, -0.2) is 31.9 Å². The Morgan fingerprint density at radius 3 is 2.28 bits per heavy atom. The number of sulfonamides is 1. The summed E-state index contributed by atoms with van der Waals surface area (Å²) in [6.45, 7) is 1.98. The molecule has 0 unspecified atom stereocenters. The van der Waals surface area contributed by atoms with Crippen molar-refractivity contribution in [2.75, 3.05) is 11.9 Å². The van der Waals surface area contributed by atoms with Crippen molar-refractivity contribution in [3.05, 3.63) is 36.4 Å². The van der Waals surface area contributed by atoms with E-state index in [1.165, 1.54) is 24.3 Å². The molecule has 7 nitrogen and oxygen atoms in total. The van der Waals surface area contributed by atoms with E-state index in [4.69, 9.17) is 0 Å². The van der Waals surface area contributed by atoms with Gasteiger partial charge in [0.05, 0.1) is 16.7 Å². The molecule has 2 aliphatic carbocycles. The molecule has 0 aromatic heterocycles. The number of carboxylic acid groups (broad SMARTS) is 1. The summed E-state index contributed by atoms with van der Waals surface area (Å²) in [6.07, 6.45) is 4.49. The van der Waals surface area contributed by atoms with Gasteiger partial charge in [-0.15, -0.1) is 0 Å². The second kappa shape index (κ2) is 6.61. The van der Waals surface area contributed by atoms with Gasteiger partial charge in [0.25, 0.3) is 0 Å². The van der Waals surface area contributed by atoms with Crippen molar-refractivity contribution in [2.24, 2.45) is 23.7 Å². The molecule has 3 rings (SSSR count). The first-order valence-electron chi connectivity index (χ1n) is 8.15. The fourth-order valence-corrected chi connectivity index (χ4v) is 4.77. The smallest absolute Gasteiger partial charge is 0.307 e. The third kappa shape index (κ3) is 3.32. The minimum Gasteiger partial charge on any atom is -0.481 e. The summed E-state index contributed by atoms with van der Waals surface area (Å²) in [6, 6.07) is 5.81. The van der Waals surface area contributed by atoms with E-state index in [0.717, 1.165) is 0 Å². The SMILES string of the molecule is CCNS(=O)(=O)c1ccc(NC(=O)[C@H]2[C@@H](C(=O)O)[C@H]3C=C[C@@H]2C3)cc1. The van der Waals surface area contributed by atoms with Crippen molar-refractivity contribution >= 4 is 27.6 Å². The molecule has 134 valence electrons. The molecule has 2 bridgehead atoms. The number of rotatable bonds is 6. The van der Waals surface area contributed by atoms with Crippen LogP contribution in [0.2, 0.25) is 0 Å². The van der Waals surface area contributed by atoms with Crippen LogP contribution in [-0.2, 0) is 19.6 Å². The number of hydrogen-bond donors (Lipinski definition) is 3. The minimum absolute atomic E-state index is 0.0560. The quantitative estimate of drug-likeness (QED) is 0.661. The summed E-state index contributed by atoms with van der Waals surface area (Å²) < 4.78 is 26.2. The molecular formula is C17H20N2O5S. The Hall–Kier alpha value is -2.19. The first-order chi connectivity index (χ1) is 11.8. The molecular weight excluding hydrogens is 344 g/mol. The number of fused-ring (bicyclic) bond motifs is 2. The van der Waals surface area contributed by atoms with Crippen LogP contribution in [0.4, 0.5) is 5.69 Å². The standard InChI is InChI=1S/C17H20N2O5S/c1-2-18-25(23,24)13-7-5-12(6-8-13)19-16(20)14-10-3-4-11(9-10)15(14)17(21)22/h3-8,10-11,14-15,18H,2,9H2,1H3,(H,19,20)(H,21,22)/t10-,11+,14-,15+/m1/s1.